The second kappa shape index (κ2) is 8.80. The van der Waals surface area contributed by atoms with Crippen LogP contribution < -0.4 is 10.6 Å². The number of hydrogen-bond acceptors (Lipinski definition) is 4. The van der Waals surface area contributed by atoms with Crippen LogP contribution in [0.2, 0.25) is 0 Å². The second-order valence-electron chi connectivity index (χ2n) is 5.91. The number of rotatable bonds is 5. The highest BCUT2D eigenvalue weighted by atomic mass is 35.5. The molecule has 2 N–H and O–H groups in total. The summed E-state index contributed by atoms with van der Waals surface area (Å²) in [5, 5.41) is 14.6. The molecule has 0 radical (unpaired) electrons. The van der Waals surface area contributed by atoms with E-state index in [1.165, 1.54) is 0 Å². The molecule has 1 unspecified atom stereocenters. The standard InChI is InChI=1S/C17H23N5O.ClH/c1-2-15(13-6-4-3-5-7-13)19-17(23)16-12-22(21-20-16)14-8-10-18-11-9-14;/h3-7,12,14-15,18H,2,8-11H2,1H3,(H,19,23);1H. The van der Waals surface area contributed by atoms with E-state index in [0.29, 0.717) is 11.7 Å². The Morgan fingerprint density at radius 2 is 2.04 bits per heavy atom. The van der Waals surface area contributed by atoms with E-state index in [-0.39, 0.29) is 24.4 Å². The quantitative estimate of drug-likeness (QED) is 0.870. The van der Waals surface area contributed by atoms with Gasteiger partial charge in [0.05, 0.1) is 18.3 Å². The van der Waals surface area contributed by atoms with E-state index >= 15 is 0 Å². The van der Waals surface area contributed by atoms with Crippen molar-refractivity contribution < 1.29 is 4.79 Å². The molecule has 2 heterocycles. The average molecular weight is 350 g/mol. The van der Waals surface area contributed by atoms with Crippen LogP contribution in [0.1, 0.15) is 54.3 Å². The van der Waals surface area contributed by atoms with Gasteiger partial charge in [0.15, 0.2) is 5.69 Å². The first-order chi connectivity index (χ1) is 11.3. The lowest BCUT2D eigenvalue weighted by Crippen LogP contribution is -2.30. The molecule has 24 heavy (non-hydrogen) atoms. The molecular formula is C17H24ClN5O. The summed E-state index contributed by atoms with van der Waals surface area (Å²) in [5.41, 5.74) is 1.49. The number of nitrogens with zero attached hydrogens (tertiary/aromatic N) is 3. The minimum absolute atomic E-state index is 0. The summed E-state index contributed by atoms with van der Waals surface area (Å²) in [6.45, 7) is 4.03. The average Bonchev–Trinajstić information content (AvgIpc) is 3.11. The first kappa shape index (κ1) is 18.4. The minimum atomic E-state index is -0.166. The molecule has 0 spiro atoms. The lowest BCUT2D eigenvalue weighted by molar-refractivity contribution is 0.0930. The van der Waals surface area contributed by atoms with Crippen LogP contribution in [0.15, 0.2) is 36.5 Å². The molecule has 1 saturated heterocycles. The van der Waals surface area contributed by atoms with Crippen LogP contribution in [0, 0.1) is 0 Å². The van der Waals surface area contributed by atoms with Gasteiger partial charge in [0.2, 0.25) is 0 Å². The van der Waals surface area contributed by atoms with Crippen LogP contribution in [0.5, 0.6) is 0 Å². The maximum Gasteiger partial charge on any atom is 0.273 e. The normalized spacial score (nSPS) is 16.2. The first-order valence-electron chi connectivity index (χ1n) is 8.26. The molecule has 1 amide bonds. The largest absolute Gasteiger partial charge is 0.344 e. The number of piperidine rings is 1. The topological polar surface area (TPSA) is 71.8 Å². The smallest absolute Gasteiger partial charge is 0.273 e. The predicted octanol–water partition coefficient (Wildman–Crippen LogP) is 2.51. The van der Waals surface area contributed by atoms with E-state index in [2.05, 4.69) is 27.9 Å². The van der Waals surface area contributed by atoms with Crippen LogP contribution >= 0.6 is 12.4 Å². The second-order valence-corrected chi connectivity index (χ2v) is 5.91. The zero-order valence-electron chi connectivity index (χ0n) is 13.8. The molecule has 0 bridgehead atoms. The third kappa shape index (κ3) is 4.33. The van der Waals surface area contributed by atoms with Crippen molar-refractivity contribution in [3.63, 3.8) is 0 Å². The van der Waals surface area contributed by atoms with Crippen molar-refractivity contribution in [2.75, 3.05) is 13.1 Å². The van der Waals surface area contributed by atoms with Gasteiger partial charge in [0.1, 0.15) is 0 Å². The van der Waals surface area contributed by atoms with Crippen molar-refractivity contribution in [3.05, 3.63) is 47.8 Å². The Morgan fingerprint density at radius 1 is 1.33 bits per heavy atom. The number of benzene rings is 1. The number of amides is 1. The van der Waals surface area contributed by atoms with E-state index in [9.17, 15) is 4.79 Å². The Kier molecular flexibility index (Phi) is 6.75. The Labute approximate surface area is 148 Å². The van der Waals surface area contributed by atoms with Crippen molar-refractivity contribution in [3.8, 4) is 0 Å². The van der Waals surface area contributed by atoms with Gasteiger partial charge >= 0.3 is 0 Å². The Balaban J connectivity index is 0.00000208. The van der Waals surface area contributed by atoms with Crippen LogP contribution in [-0.4, -0.2) is 34.0 Å². The molecule has 130 valence electrons. The van der Waals surface area contributed by atoms with E-state index in [0.717, 1.165) is 37.9 Å². The summed E-state index contributed by atoms with van der Waals surface area (Å²) in [5.74, 6) is -0.166. The number of halogens is 1. The van der Waals surface area contributed by atoms with Gasteiger partial charge in [-0.15, -0.1) is 17.5 Å². The first-order valence-corrected chi connectivity index (χ1v) is 8.26. The monoisotopic (exact) mass is 349 g/mol. The number of carbonyl (C=O) groups is 1. The molecule has 7 heteroatoms. The Bertz CT molecular complexity index is 639. The number of nitrogens with one attached hydrogen (secondary N) is 2. The molecule has 1 aliphatic rings. The van der Waals surface area contributed by atoms with E-state index < -0.39 is 0 Å². The zero-order chi connectivity index (χ0) is 16.1. The maximum atomic E-state index is 12.4. The SMILES string of the molecule is CCC(NC(=O)c1cn(C2CCNCC2)nn1)c1ccccc1.Cl. The third-order valence-corrected chi connectivity index (χ3v) is 4.34. The van der Waals surface area contributed by atoms with Crippen molar-refractivity contribution in [1.82, 2.24) is 25.6 Å². The van der Waals surface area contributed by atoms with Crippen molar-refractivity contribution in [2.45, 2.75) is 38.3 Å². The van der Waals surface area contributed by atoms with Gasteiger partial charge in [-0.2, -0.15) is 0 Å². The summed E-state index contributed by atoms with van der Waals surface area (Å²) in [6, 6.07) is 10.3. The van der Waals surface area contributed by atoms with Crippen molar-refractivity contribution in [2.24, 2.45) is 0 Å². The molecule has 2 aromatic rings. The maximum absolute atomic E-state index is 12.4. The summed E-state index contributed by atoms with van der Waals surface area (Å²) < 4.78 is 1.83. The van der Waals surface area contributed by atoms with Gasteiger partial charge in [-0.05, 0) is 37.9 Å². The predicted molar refractivity (Wildman–Crippen MR) is 95.4 cm³/mol. The number of carbonyl (C=O) groups excluding carboxylic acids is 1. The fourth-order valence-electron chi connectivity index (χ4n) is 2.97. The molecule has 3 rings (SSSR count). The summed E-state index contributed by atoms with van der Waals surface area (Å²) in [7, 11) is 0. The minimum Gasteiger partial charge on any atom is -0.344 e. The fraction of sp³-hybridized carbons (Fsp3) is 0.471. The highest BCUT2D eigenvalue weighted by Gasteiger charge is 2.20. The molecular weight excluding hydrogens is 326 g/mol. The van der Waals surface area contributed by atoms with Gasteiger partial charge in [0, 0.05) is 0 Å². The Hall–Kier alpha value is -1.92. The lowest BCUT2D eigenvalue weighted by Gasteiger charge is -2.22. The van der Waals surface area contributed by atoms with Crippen LogP contribution in [0.4, 0.5) is 0 Å². The van der Waals surface area contributed by atoms with E-state index in [4.69, 9.17) is 0 Å². The van der Waals surface area contributed by atoms with Gasteiger partial charge in [-0.1, -0.05) is 42.5 Å². The highest BCUT2D eigenvalue weighted by molar-refractivity contribution is 5.92. The number of hydrogen-bond donors (Lipinski definition) is 2. The van der Waals surface area contributed by atoms with Crippen molar-refractivity contribution in [1.29, 1.82) is 0 Å². The highest BCUT2D eigenvalue weighted by Crippen LogP contribution is 2.18. The summed E-state index contributed by atoms with van der Waals surface area (Å²) in [6.07, 6.45) is 4.64. The molecule has 6 nitrogen and oxygen atoms in total. The van der Waals surface area contributed by atoms with Gasteiger partial charge in [-0.3, -0.25) is 4.79 Å². The molecule has 1 aliphatic heterocycles. The van der Waals surface area contributed by atoms with Crippen LogP contribution in [0.3, 0.4) is 0 Å². The molecule has 1 aromatic carbocycles. The molecule has 1 aromatic heterocycles. The fourth-order valence-corrected chi connectivity index (χ4v) is 2.97. The summed E-state index contributed by atoms with van der Waals surface area (Å²) in [4.78, 5) is 12.4. The number of aromatic nitrogens is 3. The molecule has 0 saturated carbocycles. The van der Waals surface area contributed by atoms with Crippen LogP contribution in [-0.2, 0) is 0 Å². The van der Waals surface area contributed by atoms with Crippen LogP contribution in [0.25, 0.3) is 0 Å². The third-order valence-electron chi connectivity index (χ3n) is 4.34. The van der Waals surface area contributed by atoms with Gasteiger partial charge in [-0.25, -0.2) is 4.68 Å². The van der Waals surface area contributed by atoms with Gasteiger partial charge < -0.3 is 10.6 Å². The summed E-state index contributed by atoms with van der Waals surface area (Å²) >= 11 is 0. The van der Waals surface area contributed by atoms with Gasteiger partial charge in [0.25, 0.3) is 5.91 Å². The van der Waals surface area contributed by atoms with Crippen molar-refractivity contribution >= 4 is 18.3 Å². The van der Waals surface area contributed by atoms with E-state index in [1.807, 2.05) is 35.0 Å². The molecule has 1 fully saturated rings. The lowest BCUT2D eigenvalue weighted by atomic mass is 10.0. The Morgan fingerprint density at radius 3 is 2.71 bits per heavy atom. The zero-order valence-corrected chi connectivity index (χ0v) is 14.6. The molecule has 1 atom stereocenters. The van der Waals surface area contributed by atoms with E-state index in [1.54, 1.807) is 6.20 Å². The molecule has 0 aliphatic carbocycles.